The molecular formula is C30H32ClN3O2. The molecule has 4 aliphatic carbocycles. The maximum absolute atomic E-state index is 13.7. The minimum atomic E-state index is -0.354. The number of amides is 1. The van der Waals surface area contributed by atoms with Gasteiger partial charge in [-0.15, -0.1) is 0 Å². The van der Waals surface area contributed by atoms with Gasteiger partial charge in [-0.2, -0.15) is 5.10 Å². The zero-order valence-electron chi connectivity index (χ0n) is 20.9. The fourth-order valence-electron chi connectivity index (χ4n) is 7.20. The number of nitrogens with one attached hydrogen (secondary N) is 1. The van der Waals surface area contributed by atoms with Crippen molar-refractivity contribution in [3.8, 4) is 11.3 Å². The van der Waals surface area contributed by atoms with E-state index in [1.807, 2.05) is 56.3 Å². The first-order valence-corrected chi connectivity index (χ1v) is 13.4. The minimum Gasteiger partial charge on any atom is -0.346 e. The summed E-state index contributed by atoms with van der Waals surface area (Å²) in [4.78, 5) is 27.3. The summed E-state index contributed by atoms with van der Waals surface area (Å²) < 4.78 is 1.43. The van der Waals surface area contributed by atoms with Crippen LogP contribution in [0.4, 0.5) is 0 Å². The first kappa shape index (κ1) is 23.5. The van der Waals surface area contributed by atoms with E-state index < -0.39 is 0 Å². The summed E-state index contributed by atoms with van der Waals surface area (Å²) in [6, 6.07) is 15.4. The van der Waals surface area contributed by atoms with E-state index in [0.29, 0.717) is 35.0 Å². The third-order valence-electron chi connectivity index (χ3n) is 8.54. The van der Waals surface area contributed by atoms with Gasteiger partial charge in [-0.3, -0.25) is 9.59 Å². The number of carbonyl (C=O) groups excluding carboxylic acids is 1. The fraction of sp³-hybridized carbons (Fsp3) is 0.433. The SMILES string of the molecule is Cc1ccc(Cn2nc(-c3ccc(Cl)c(C)c3)cc(C(=O)NC34CC5CC(CC(C5)C3)C4)c2=O)cc1. The molecule has 0 radical (unpaired) electrons. The second-order valence-corrected chi connectivity index (χ2v) is 11.9. The van der Waals surface area contributed by atoms with Crippen molar-refractivity contribution in [2.45, 2.75) is 64.5 Å². The molecule has 0 atom stereocenters. The largest absolute Gasteiger partial charge is 0.346 e. The lowest BCUT2D eigenvalue weighted by molar-refractivity contribution is -0.0167. The molecule has 1 heterocycles. The number of nitrogens with zero attached hydrogens (tertiary/aromatic N) is 2. The Morgan fingerprint density at radius 2 is 1.64 bits per heavy atom. The molecule has 7 rings (SSSR count). The van der Waals surface area contributed by atoms with Gasteiger partial charge in [0.1, 0.15) is 5.56 Å². The maximum Gasteiger partial charge on any atom is 0.279 e. The summed E-state index contributed by atoms with van der Waals surface area (Å²) in [7, 11) is 0. The molecule has 4 saturated carbocycles. The van der Waals surface area contributed by atoms with Crippen LogP contribution in [0, 0.1) is 31.6 Å². The normalized spacial score (nSPS) is 26.2. The molecule has 5 nitrogen and oxygen atoms in total. The van der Waals surface area contributed by atoms with Crippen molar-refractivity contribution < 1.29 is 4.79 Å². The molecule has 0 saturated heterocycles. The summed E-state index contributed by atoms with van der Waals surface area (Å²) in [5, 5.41) is 8.73. The Morgan fingerprint density at radius 1 is 1.00 bits per heavy atom. The van der Waals surface area contributed by atoms with Crippen LogP contribution in [0.15, 0.2) is 53.3 Å². The molecule has 1 amide bonds. The van der Waals surface area contributed by atoms with Gasteiger partial charge in [0.2, 0.25) is 0 Å². The van der Waals surface area contributed by atoms with Gasteiger partial charge in [-0.05, 0) is 99.5 Å². The number of hydrogen-bond donors (Lipinski definition) is 1. The number of aryl methyl sites for hydroxylation is 2. The van der Waals surface area contributed by atoms with Gasteiger partial charge in [-0.1, -0.05) is 47.5 Å². The second-order valence-electron chi connectivity index (χ2n) is 11.5. The molecule has 186 valence electrons. The number of rotatable bonds is 5. The number of benzene rings is 2. The van der Waals surface area contributed by atoms with E-state index in [1.54, 1.807) is 6.07 Å². The monoisotopic (exact) mass is 501 g/mol. The summed E-state index contributed by atoms with van der Waals surface area (Å²) in [5.74, 6) is 1.85. The summed E-state index contributed by atoms with van der Waals surface area (Å²) in [5.41, 5.74) is 4.11. The Kier molecular flexibility index (Phi) is 5.79. The van der Waals surface area contributed by atoms with E-state index in [-0.39, 0.29) is 22.6 Å². The predicted octanol–water partition coefficient (Wildman–Crippen LogP) is 5.93. The molecule has 1 aromatic heterocycles. The van der Waals surface area contributed by atoms with E-state index in [4.69, 9.17) is 11.6 Å². The Bertz CT molecular complexity index is 1360. The quantitative estimate of drug-likeness (QED) is 0.471. The highest BCUT2D eigenvalue weighted by Crippen LogP contribution is 2.55. The van der Waals surface area contributed by atoms with Crippen LogP contribution >= 0.6 is 11.6 Å². The Balaban J connectivity index is 1.38. The van der Waals surface area contributed by atoms with Crippen LogP contribution in [0.2, 0.25) is 5.02 Å². The lowest BCUT2D eigenvalue weighted by Gasteiger charge is -2.56. The van der Waals surface area contributed by atoms with Crippen molar-refractivity contribution in [2.75, 3.05) is 0 Å². The average Bonchev–Trinajstić information content (AvgIpc) is 2.82. The lowest BCUT2D eigenvalue weighted by Crippen LogP contribution is -2.60. The maximum atomic E-state index is 13.7. The highest BCUT2D eigenvalue weighted by atomic mass is 35.5. The van der Waals surface area contributed by atoms with Gasteiger partial charge in [0.25, 0.3) is 11.5 Å². The van der Waals surface area contributed by atoms with Gasteiger partial charge in [0.15, 0.2) is 0 Å². The molecule has 4 bridgehead atoms. The molecule has 36 heavy (non-hydrogen) atoms. The van der Waals surface area contributed by atoms with Gasteiger partial charge in [0, 0.05) is 16.1 Å². The van der Waals surface area contributed by atoms with Crippen molar-refractivity contribution >= 4 is 17.5 Å². The lowest BCUT2D eigenvalue weighted by atomic mass is 9.53. The zero-order valence-corrected chi connectivity index (χ0v) is 21.6. The van der Waals surface area contributed by atoms with Crippen molar-refractivity contribution in [2.24, 2.45) is 17.8 Å². The number of aromatic nitrogens is 2. The van der Waals surface area contributed by atoms with Crippen molar-refractivity contribution in [1.82, 2.24) is 15.1 Å². The molecule has 2 aromatic carbocycles. The summed E-state index contributed by atoms with van der Waals surface area (Å²) >= 11 is 6.26. The Hall–Kier alpha value is -2.92. The number of carbonyl (C=O) groups is 1. The van der Waals surface area contributed by atoms with E-state index in [0.717, 1.165) is 41.5 Å². The predicted molar refractivity (Wildman–Crippen MR) is 142 cm³/mol. The van der Waals surface area contributed by atoms with Gasteiger partial charge < -0.3 is 5.32 Å². The van der Waals surface area contributed by atoms with E-state index >= 15 is 0 Å². The van der Waals surface area contributed by atoms with Crippen LogP contribution in [-0.4, -0.2) is 21.2 Å². The van der Waals surface area contributed by atoms with Crippen LogP contribution in [0.5, 0.6) is 0 Å². The highest BCUT2D eigenvalue weighted by Gasteiger charge is 2.51. The average molecular weight is 502 g/mol. The molecule has 4 fully saturated rings. The highest BCUT2D eigenvalue weighted by molar-refractivity contribution is 6.31. The third kappa shape index (κ3) is 4.39. The second kappa shape index (κ2) is 8.88. The zero-order chi connectivity index (χ0) is 25.0. The fourth-order valence-corrected chi connectivity index (χ4v) is 7.31. The van der Waals surface area contributed by atoms with Gasteiger partial charge in [-0.25, -0.2) is 4.68 Å². The van der Waals surface area contributed by atoms with Crippen LogP contribution < -0.4 is 10.9 Å². The van der Waals surface area contributed by atoms with Crippen LogP contribution in [0.1, 0.15) is 65.6 Å². The van der Waals surface area contributed by atoms with Crippen molar-refractivity contribution in [3.05, 3.63) is 86.2 Å². The molecule has 3 aromatic rings. The minimum absolute atomic E-state index is 0.162. The van der Waals surface area contributed by atoms with E-state index in [9.17, 15) is 9.59 Å². The number of halogens is 1. The summed E-state index contributed by atoms with van der Waals surface area (Å²) in [6.07, 6.45) is 7.01. The molecule has 4 aliphatic rings. The molecule has 0 spiro atoms. The number of hydrogen-bond acceptors (Lipinski definition) is 3. The molecule has 6 heteroatoms. The molecule has 0 aliphatic heterocycles. The van der Waals surface area contributed by atoms with Crippen molar-refractivity contribution in [1.29, 1.82) is 0 Å². The first-order chi connectivity index (χ1) is 17.3. The van der Waals surface area contributed by atoms with E-state index in [2.05, 4.69) is 10.4 Å². The first-order valence-electron chi connectivity index (χ1n) is 13.0. The van der Waals surface area contributed by atoms with Crippen LogP contribution in [0.25, 0.3) is 11.3 Å². The van der Waals surface area contributed by atoms with Crippen LogP contribution in [-0.2, 0) is 6.54 Å². The Labute approximate surface area is 216 Å². The molecule has 1 N–H and O–H groups in total. The standard InChI is InChI=1S/C30H32ClN3O2/c1-18-3-5-20(6-4-18)17-34-29(36)25(13-27(33-34)24-7-8-26(31)19(2)9-24)28(35)32-30-14-21-10-22(15-30)12-23(11-21)16-30/h3-9,13,21-23H,10-12,14-17H2,1-2H3,(H,32,35). The van der Waals surface area contributed by atoms with Gasteiger partial charge in [0.05, 0.1) is 12.2 Å². The molecule has 0 unspecified atom stereocenters. The smallest absolute Gasteiger partial charge is 0.279 e. The third-order valence-corrected chi connectivity index (χ3v) is 8.97. The molecular weight excluding hydrogens is 470 g/mol. The van der Waals surface area contributed by atoms with Gasteiger partial charge >= 0.3 is 0 Å². The topological polar surface area (TPSA) is 64.0 Å². The summed E-state index contributed by atoms with van der Waals surface area (Å²) in [6.45, 7) is 4.27. The van der Waals surface area contributed by atoms with E-state index in [1.165, 1.54) is 23.9 Å². The van der Waals surface area contributed by atoms with Crippen LogP contribution in [0.3, 0.4) is 0 Å². The Morgan fingerprint density at radius 3 is 2.25 bits per heavy atom. The van der Waals surface area contributed by atoms with Crippen molar-refractivity contribution in [3.63, 3.8) is 0 Å².